The van der Waals surface area contributed by atoms with E-state index in [9.17, 15) is 4.79 Å². The third kappa shape index (κ3) is 8.00. The summed E-state index contributed by atoms with van der Waals surface area (Å²) in [7, 11) is 0. The molecule has 3 nitrogen and oxygen atoms in total. The van der Waals surface area contributed by atoms with E-state index in [4.69, 9.17) is 9.15 Å². The van der Waals surface area contributed by atoms with E-state index in [0.29, 0.717) is 0 Å². The fourth-order valence-corrected chi connectivity index (χ4v) is 6.40. The van der Waals surface area contributed by atoms with Crippen LogP contribution in [0.25, 0.3) is 22.3 Å². The Labute approximate surface area is 254 Å². The molecule has 226 valence electrons. The lowest BCUT2D eigenvalue weighted by Crippen LogP contribution is -2.52. The van der Waals surface area contributed by atoms with Crippen molar-refractivity contribution in [3.05, 3.63) is 54.1 Å². The summed E-state index contributed by atoms with van der Waals surface area (Å²) in [6, 6.07) is 17.3. The van der Waals surface area contributed by atoms with Gasteiger partial charge in [0, 0.05) is 15.8 Å². The van der Waals surface area contributed by atoms with Crippen LogP contribution in [0.2, 0.25) is 0 Å². The maximum Gasteiger partial charge on any atom is 0.312 e. The van der Waals surface area contributed by atoms with Gasteiger partial charge in [-0.2, -0.15) is 0 Å². The van der Waals surface area contributed by atoms with Gasteiger partial charge in [0.2, 0.25) is 0 Å². The summed E-state index contributed by atoms with van der Waals surface area (Å²) in [4.78, 5) is 14.9. The lowest BCUT2D eigenvalue weighted by molar-refractivity contribution is -0.180. The largest absolute Gasteiger partial charge is 0.458 e. The fraction of sp³-hybridized carbons (Fsp3) is 0.595. The van der Waals surface area contributed by atoms with E-state index >= 15 is 0 Å². The molecular weight excluding hydrogens is 524 g/mol. The molecule has 0 bridgehead atoms. The third-order valence-corrected chi connectivity index (χ3v) is 10.5. The van der Waals surface area contributed by atoms with E-state index in [1.54, 1.807) is 11.8 Å². The summed E-state index contributed by atoms with van der Waals surface area (Å²) < 4.78 is 12.4. The molecule has 0 aliphatic carbocycles. The van der Waals surface area contributed by atoms with Gasteiger partial charge in [-0.15, -0.1) is 11.8 Å². The number of furan rings is 1. The Morgan fingerprint density at radius 3 is 2.02 bits per heavy atom. The van der Waals surface area contributed by atoms with E-state index in [0.717, 1.165) is 40.0 Å². The summed E-state index contributed by atoms with van der Waals surface area (Å²) >= 11 is 1.72. The average molecular weight is 579 g/mol. The van der Waals surface area contributed by atoms with Gasteiger partial charge in [-0.3, -0.25) is 4.79 Å². The Hall–Kier alpha value is -2.20. The number of benzene rings is 2. The molecule has 0 radical (unpaired) electrons. The number of carbonyl (C=O) groups excluding carboxylic acids is 1. The quantitative estimate of drug-likeness (QED) is 0.129. The topological polar surface area (TPSA) is 39.4 Å². The van der Waals surface area contributed by atoms with Crippen LogP contribution in [0, 0.1) is 16.2 Å². The molecule has 1 aromatic heterocycles. The standard InChI is InChI=1S/C37H54O3S/c1-13-14-15-16-26-17-19-27(20-18-26)30-23-28-21-22-29(24-31(28)39-30)41-36(10,11)35(8,9)40-32(38)37(12,34(5,6)7)25-33(2,3)4/h17-24H,13-16,25H2,1-12H3. The lowest BCUT2D eigenvalue weighted by Gasteiger charge is -2.47. The van der Waals surface area contributed by atoms with Gasteiger partial charge in [-0.25, -0.2) is 0 Å². The van der Waals surface area contributed by atoms with Gasteiger partial charge in [-0.1, -0.05) is 85.6 Å². The van der Waals surface area contributed by atoms with Crippen LogP contribution in [-0.2, 0) is 16.0 Å². The molecule has 1 unspecified atom stereocenters. The number of rotatable bonds is 11. The van der Waals surface area contributed by atoms with Crippen LogP contribution in [0.15, 0.2) is 57.8 Å². The Bertz CT molecular complexity index is 1310. The number of thioether (sulfide) groups is 1. The van der Waals surface area contributed by atoms with Crippen molar-refractivity contribution in [1.29, 1.82) is 0 Å². The van der Waals surface area contributed by atoms with Gasteiger partial charge in [0.05, 0.1) is 10.2 Å². The van der Waals surface area contributed by atoms with Gasteiger partial charge in [0.25, 0.3) is 0 Å². The van der Waals surface area contributed by atoms with Gasteiger partial charge in [0.1, 0.15) is 16.9 Å². The highest BCUT2D eigenvalue weighted by Crippen LogP contribution is 2.50. The molecule has 1 atom stereocenters. The van der Waals surface area contributed by atoms with Crippen molar-refractivity contribution in [3.8, 4) is 11.3 Å². The van der Waals surface area contributed by atoms with Crippen molar-refractivity contribution in [2.24, 2.45) is 16.2 Å². The predicted molar refractivity (Wildman–Crippen MR) is 177 cm³/mol. The number of hydrogen-bond donors (Lipinski definition) is 0. The molecule has 0 saturated heterocycles. The number of hydrogen-bond acceptors (Lipinski definition) is 4. The second kappa shape index (κ2) is 12.2. The molecule has 0 aliphatic heterocycles. The number of fused-ring (bicyclic) bond motifs is 1. The van der Waals surface area contributed by atoms with Crippen LogP contribution in [-0.4, -0.2) is 16.3 Å². The first-order valence-corrected chi connectivity index (χ1v) is 16.1. The summed E-state index contributed by atoms with van der Waals surface area (Å²) in [6.45, 7) is 25.7. The Kier molecular flexibility index (Phi) is 9.90. The lowest BCUT2D eigenvalue weighted by atomic mass is 9.61. The third-order valence-electron chi connectivity index (χ3n) is 8.96. The first-order valence-electron chi connectivity index (χ1n) is 15.3. The number of carbonyl (C=O) groups is 1. The summed E-state index contributed by atoms with van der Waals surface area (Å²) in [5.74, 6) is 0.761. The molecule has 0 spiro atoms. The molecule has 1 heterocycles. The molecule has 0 amide bonds. The monoisotopic (exact) mass is 578 g/mol. The molecule has 0 saturated carbocycles. The van der Waals surface area contributed by atoms with Gasteiger partial charge in [0.15, 0.2) is 0 Å². The van der Waals surface area contributed by atoms with E-state index in [2.05, 4.69) is 118 Å². The van der Waals surface area contributed by atoms with Crippen LogP contribution in [0.1, 0.15) is 114 Å². The molecule has 2 aromatic carbocycles. The molecule has 0 aliphatic rings. The number of aryl methyl sites for hydroxylation is 1. The zero-order chi connectivity index (χ0) is 30.9. The maximum absolute atomic E-state index is 13.9. The van der Waals surface area contributed by atoms with Crippen molar-refractivity contribution in [2.75, 3.05) is 0 Å². The van der Waals surface area contributed by atoms with Crippen LogP contribution in [0.4, 0.5) is 0 Å². The fourth-order valence-electron chi connectivity index (χ4n) is 5.22. The summed E-state index contributed by atoms with van der Waals surface area (Å²) in [6.07, 6.45) is 5.63. The normalized spacial score (nSPS) is 14.7. The first-order chi connectivity index (χ1) is 18.8. The summed E-state index contributed by atoms with van der Waals surface area (Å²) in [5, 5.41) is 1.09. The van der Waals surface area contributed by atoms with Crippen molar-refractivity contribution in [1.82, 2.24) is 0 Å². The predicted octanol–water partition coefficient (Wildman–Crippen LogP) is 11.5. The number of esters is 1. The number of unbranched alkanes of at least 4 members (excludes halogenated alkanes) is 2. The van der Waals surface area contributed by atoms with Crippen LogP contribution < -0.4 is 0 Å². The molecule has 3 aromatic rings. The Balaban J connectivity index is 1.78. The molecular formula is C37H54O3S. The number of ether oxygens (including phenoxy) is 1. The van der Waals surface area contributed by atoms with Gasteiger partial charge in [-0.05, 0) is 94.5 Å². The molecule has 4 heteroatoms. The van der Waals surface area contributed by atoms with E-state index in [1.807, 2.05) is 13.8 Å². The minimum Gasteiger partial charge on any atom is -0.458 e. The van der Waals surface area contributed by atoms with Crippen LogP contribution >= 0.6 is 11.8 Å². The average Bonchev–Trinajstić information content (AvgIpc) is 3.25. The van der Waals surface area contributed by atoms with Crippen LogP contribution in [0.5, 0.6) is 0 Å². The van der Waals surface area contributed by atoms with Crippen molar-refractivity contribution >= 4 is 28.7 Å². The van der Waals surface area contributed by atoms with Crippen molar-refractivity contribution in [3.63, 3.8) is 0 Å². The second-order valence-electron chi connectivity index (χ2n) is 15.3. The molecule has 0 fully saturated rings. The SMILES string of the molecule is CCCCCc1ccc(-c2cc3ccc(SC(C)(C)C(C)(C)OC(=O)C(C)(CC(C)(C)C)C(C)(C)C)cc3o2)cc1. The molecule has 0 N–H and O–H groups in total. The second-order valence-corrected chi connectivity index (χ2v) is 17.0. The summed E-state index contributed by atoms with van der Waals surface area (Å²) in [5.41, 5.74) is 1.80. The Morgan fingerprint density at radius 2 is 1.46 bits per heavy atom. The minimum absolute atomic E-state index is 0.00341. The van der Waals surface area contributed by atoms with Crippen LogP contribution in [0.3, 0.4) is 0 Å². The highest BCUT2D eigenvalue weighted by atomic mass is 32.2. The smallest absolute Gasteiger partial charge is 0.312 e. The zero-order valence-electron chi connectivity index (χ0n) is 27.8. The van der Waals surface area contributed by atoms with Crippen molar-refractivity contribution in [2.45, 2.75) is 130 Å². The van der Waals surface area contributed by atoms with Crippen molar-refractivity contribution < 1.29 is 13.9 Å². The zero-order valence-corrected chi connectivity index (χ0v) is 28.6. The highest BCUT2D eigenvalue weighted by molar-refractivity contribution is 8.00. The highest BCUT2D eigenvalue weighted by Gasteiger charge is 2.51. The maximum atomic E-state index is 13.9. The van der Waals surface area contributed by atoms with Gasteiger partial charge < -0.3 is 9.15 Å². The Morgan fingerprint density at radius 1 is 0.829 bits per heavy atom. The molecule has 41 heavy (non-hydrogen) atoms. The first kappa shape index (κ1) is 33.3. The van der Waals surface area contributed by atoms with E-state index in [-0.39, 0.29) is 21.5 Å². The van der Waals surface area contributed by atoms with E-state index < -0.39 is 11.0 Å². The van der Waals surface area contributed by atoms with Gasteiger partial charge >= 0.3 is 5.97 Å². The molecule has 3 rings (SSSR count). The minimum atomic E-state index is -0.707. The van der Waals surface area contributed by atoms with E-state index in [1.165, 1.54) is 24.8 Å².